The summed E-state index contributed by atoms with van der Waals surface area (Å²) in [6.45, 7) is 9.32. The first-order valence-electron chi connectivity index (χ1n) is 11.8. The van der Waals surface area contributed by atoms with Gasteiger partial charge in [-0.3, -0.25) is 4.99 Å². The Labute approximate surface area is 206 Å². The highest BCUT2D eigenvalue weighted by Crippen LogP contribution is 2.23. The second-order valence-electron chi connectivity index (χ2n) is 9.56. The van der Waals surface area contributed by atoms with Crippen LogP contribution in [0.3, 0.4) is 0 Å². The standard InChI is InChI=1S/C25H41N3O2.HI/c1-25(2,15-7-11-21-9-5-4-6-10-21)20-27-24(26-3)28-16-13-22(14-17-28)30-19-23-12-8-18-29-23;/h4-6,9-10,22-23H,7-8,11-20H2,1-3H3,(H,26,27);1H. The van der Waals surface area contributed by atoms with Crippen LogP contribution in [0.25, 0.3) is 0 Å². The van der Waals surface area contributed by atoms with E-state index in [9.17, 15) is 0 Å². The summed E-state index contributed by atoms with van der Waals surface area (Å²) >= 11 is 0. The zero-order valence-electron chi connectivity index (χ0n) is 19.6. The van der Waals surface area contributed by atoms with Crippen molar-refractivity contribution in [3.8, 4) is 0 Å². The second-order valence-corrected chi connectivity index (χ2v) is 9.56. The molecule has 6 heteroatoms. The van der Waals surface area contributed by atoms with Crippen molar-refractivity contribution >= 4 is 29.9 Å². The van der Waals surface area contributed by atoms with Crippen LogP contribution in [0.5, 0.6) is 0 Å². The molecular weight excluding hydrogens is 501 g/mol. The molecule has 2 saturated heterocycles. The van der Waals surface area contributed by atoms with Gasteiger partial charge in [-0.25, -0.2) is 0 Å². The minimum absolute atomic E-state index is 0. The van der Waals surface area contributed by atoms with Crippen LogP contribution in [0.2, 0.25) is 0 Å². The van der Waals surface area contributed by atoms with Crippen molar-refractivity contribution in [2.75, 3.05) is 39.9 Å². The Hall–Kier alpha value is -0.860. The summed E-state index contributed by atoms with van der Waals surface area (Å²) in [5.74, 6) is 1.03. The van der Waals surface area contributed by atoms with Gasteiger partial charge in [-0.15, -0.1) is 24.0 Å². The molecule has 1 unspecified atom stereocenters. The van der Waals surface area contributed by atoms with Crippen molar-refractivity contribution in [2.24, 2.45) is 10.4 Å². The number of rotatable bonds is 9. The van der Waals surface area contributed by atoms with Crippen LogP contribution in [-0.2, 0) is 15.9 Å². The molecule has 176 valence electrons. The molecule has 0 saturated carbocycles. The quantitative estimate of drug-likeness (QED) is 0.274. The van der Waals surface area contributed by atoms with E-state index in [0.717, 1.165) is 64.5 Å². The summed E-state index contributed by atoms with van der Waals surface area (Å²) in [4.78, 5) is 6.93. The summed E-state index contributed by atoms with van der Waals surface area (Å²) in [5, 5.41) is 3.63. The van der Waals surface area contributed by atoms with Crippen molar-refractivity contribution in [3.05, 3.63) is 35.9 Å². The fraction of sp³-hybridized carbons (Fsp3) is 0.720. The third kappa shape index (κ3) is 9.26. The van der Waals surface area contributed by atoms with Crippen LogP contribution in [0.15, 0.2) is 35.3 Å². The van der Waals surface area contributed by atoms with Gasteiger partial charge in [-0.1, -0.05) is 44.2 Å². The second kappa shape index (κ2) is 13.6. The number of aryl methyl sites for hydroxylation is 1. The lowest BCUT2D eigenvalue weighted by Crippen LogP contribution is -2.49. The maximum atomic E-state index is 6.11. The van der Waals surface area contributed by atoms with Gasteiger partial charge in [0.2, 0.25) is 0 Å². The van der Waals surface area contributed by atoms with Gasteiger partial charge in [0.15, 0.2) is 5.96 Å². The molecule has 0 bridgehead atoms. The summed E-state index contributed by atoms with van der Waals surface area (Å²) in [5.41, 5.74) is 1.68. The lowest BCUT2D eigenvalue weighted by atomic mass is 9.86. The van der Waals surface area contributed by atoms with Crippen LogP contribution < -0.4 is 5.32 Å². The number of guanidine groups is 1. The third-order valence-electron chi connectivity index (χ3n) is 6.38. The summed E-state index contributed by atoms with van der Waals surface area (Å²) in [7, 11) is 1.89. The molecule has 0 amide bonds. The number of ether oxygens (including phenoxy) is 2. The summed E-state index contributed by atoms with van der Waals surface area (Å²) in [6.07, 6.45) is 8.70. The molecule has 0 aliphatic carbocycles. The van der Waals surface area contributed by atoms with Crippen molar-refractivity contribution in [3.63, 3.8) is 0 Å². The topological polar surface area (TPSA) is 46.1 Å². The average molecular weight is 544 g/mol. The van der Waals surface area contributed by atoms with Gasteiger partial charge < -0.3 is 19.7 Å². The highest BCUT2D eigenvalue weighted by Gasteiger charge is 2.25. The maximum Gasteiger partial charge on any atom is 0.193 e. The molecule has 31 heavy (non-hydrogen) atoms. The van der Waals surface area contributed by atoms with Crippen LogP contribution >= 0.6 is 24.0 Å². The number of piperidine rings is 1. The van der Waals surface area contributed by atoms with Crippen molar-refractivity contribution in [1.29, 1.82) is 0 Å². The molecule has 1 N–H and O–H groups in total. The lowest BCUT2D eigenvalue weighted by molar-refractivity contribution is -0.0367. The van der Waals surface area contributed by atoms with E-state index in [0.29, 0.717) is 12.2 Å². The molecule has 0 aromatic heterocycles. The molecule has 1 aromatic carbocycles. The van der Waals surface area contributed by atoms with E-state index in [2.05, 4.69) is 59.4 Å². The van der Waals surface area contributed by atoms with E-state index in [1.54, 1.807) is 0 Å². The predicted octanol–water partition coefficient (Wildman–Crippen LogP) is 4.89. The van der Waals surface area contributed by atoms with Gasteiger partial charge in [0.1, 0.15) is 0 Å². The molecule has 3 rings (SSSR count). The van der Waals surface area contributed by atoms with E-state index < -0.39 is 0 Å². The highest BCUT2D eigenvalue weighted by molar-refractivity contribution is 14.0. The van der Waals surface area contributed by atoms with Gasteiger partial charge >= 0.3 is 0 Å². The molecule has 2 aliphatic heterocycles. The maximum absolute atomic E-state index is 6.11. The molecule has 0 spiro atoms. The van der Waals surface area contributed by atoms with Crippen molar-refractivity contribution in [1.82, 2.24) is 10.2 Å². The number of aliphatic imine (C=N–C) groups is 1. The van der Waals surface area contributed by atoms with E-state index in [1.807, 2.05) is 7.05 Å². The molecule has 2 aliphatic rings. The molecular formula is C25H42IN3O2. The van der Waals surface area contributed by atoms with Gasteiger partial charge in [0.05, 0.1) is 18.8 Å². The fourth-order valence-electron chi connectivity index (χ4n) is 4.41. The van der Waals surface area contributed by atoms with Gasteiger partial charge in [0.25, 0.3) is 0 Å². The largest absolute Gasteiger partial charge is 0.376 e. The third-order valence-corrected chi connectivity index (χ3v) is 6.38. The molecule has 2 heterocycles. The van der Waals surface area contributed by atoms with E-state index in [-0.39, 0.29) is 29.4 Å². The lowest BCUT2D eigenvalue weighted by Gasteiger charge is -2.36. The molecule has 1 aromatic rings. The fourth-order valence-corrected chi connectivity index (χ4v) is 4.41. The first-order chi connectivity index (χ1) is 14.6. The number of benzene rings is 1. The van der Waals surface area contributed by atoms with Crippen molar-refractivity contribution < 1.29 is 9.47 Å². The van der Waals surface area contributed by atoms with E-state index >= 15 is 0 Å². The van der Waals surface area contributed by atoms with E-state index in [1.165, 1.54) is 24.8 Å². The van der Waals surface area contributed by atoms with Crippen LogP contribution in [0.1, 0.15) is 57.9 Å². The van der Waals surface area contributed by atoms with Crippen LogP contribution in [0.4, 0.5) is 0 Å². The Kier molecular flexibility index (Phi) is 11.6. The average Bonchev–Trinajstić information content (AvgIpc) is 3.28. The summed E-state index contributed by atoms with van der Waals surface area (Å²) in [6, 6.07) is 10.8. The SMILES string of the molecule is CN=C(NCC(C)(C)CCCc1ccccc1)N1CCC(OCC2CCCO2)CC1.I. The Bertz CT molecular complexity index is 639. The molecule has 0 radical (unpaired) electrons. The minimum Gasteiger partial charge on any atom is -0.376 e. The smallest absolute Gasteiger partial charge is 0.193 e. The monoisotopic (exact) mass is 543 g/mol. The Morgan fingerprint density at radius 1 is 1.19 bits per heavy atom. The zero-order chi connectivity index (χ0) is 21.2. The first kappa shape index (κ1) is 26.4. The Morgan fingerprint density at radius 2 is 1.94 bits per heavy atom. The molecule has 5 nitrogen and oxygen atoms in total. The Morgan fingerprint density at radius 3 is 2.58 bits per heavy atom. The van der Waals surface area contributed by atoms with Gasteiger partial charge in [0, 0.05) is 33.3 Å². The number of nitrogens with one attached hydrogen (secondary N) is 1. The predicted molar refractivity (Wildman–Crippen MR) is 139 cm³/mol. The van der Waals surface area contributed by atoms with Crippen molar-refractivity contribution in [2.45, 2.75) is 71.0 Å². The Balaban J connectivity index is 0.00000341. The highest BCUT2D eigenvalue weighted by atomic mass is 127. The van der Waals surface area contributed by atoms with Crippen LogP contribution in [0, 0.1) is 5.41 Å². The number of hydrogen-bond donors (Lipinski definition) is 1. The minimum atomic E-state index is 0. The number of nitrogens with zero attached hydrogens (tertiary/aromatic N) is 2. The zero-order valence-corrected chi connectivity index (χ0v) is 22.0. The number of hydrogen-bond acceptors (Lipinski definition) is 3. The molecule has 1 atom stereocenters. The van der Waals surface area contributed by atoms with E-state index in [4.69, 9.17) is 9.47 Å². The number of likely N-dealkylation sites (tertiary alicyclic amines) is 1. The molecule has 2 fully saturated rings. The van der Waals surface area contributed by atoms with Gasteiger partial charge in [-0.2, -0.15) is 0 Å². The van der Waals surface area contributed by atoms with Gasteiger partial charge in [-0.05, 0) is 55.9 Å². The number of halogens is 1. The first-order valence-corrected chi connectivity index (χ1v) is 11.8. The normalized spacial score (nSPS) is 20.5. The summed E-state index contributed by atoms with van der Waals surface area (Å²) < 4.78 is 11.8. The van der Waals surface area contributed by atoms with Crippen LogP contribution in [-0.4, -0.2) is 63.0 Å².